The first-order valence-corrected chi connectivity index (χ1v) is 9.59. The van der Waals surface area contributed by atoms with Gasteiger partial charge in [0.05, 0.1) is 4.90 Å². The number of phenolic OH excluding ortho intramolecular Hbond substituents is 1. The third kappa shape index (κ3) is 4.36. The molecule has 2 rings (SSSR count). The minimum atomic E-state index is -3.58. The summed E-state index contributed by atoms with van der Waals surface area (Å²) in [5, 5.41) is 9.36. The van der Waals surface area contributed by atoms with E-state index in [0.717, 1.165) is 22.3 Å². The molecule has 0 fully saturated rings. The molecular formula is C19H25NO3S. The van der Waals surface area contributed by atoms with E-state index in [4.69, 9.17) is 0 Å². The molecule has 0 saturated carbocycles. The van der Waals surface area contributed by atoms with Crippen LogP contribution < -0.4 is 4.72 Å². The predicted molar refractivity (Wildman–Crippen MR) is 96.9 cm³/mol. The van der Waals surface area contributed by atoms with E-state index in [9.17, 15) is 13.5 Å². The molecule has 0 aliphatic rings. The average Bonchev–Trinajstić information content (AvgIpc) is 2.47. The molecule has 0 saturated heterocycles. The lowest BCUT2D eigenvalue weighted by Crippen LogP contribution is -2.36. The van der Waals surface area contributed by atoms with Crippen LogP contribution in [0.4, 0.5) is 0 Å². The maximum absolute atomic E-state index is 12.8. The molecule has 0 unspecified atom stereocenters. The Kier molecular flexibility index (Phi) is 5.67. The molecule has 4 nitrogen and oxygen atoms in total. The first kappa shape index (κ1) is 18.5. The SMILES string of the molecule is CC[C@@H](Cc1ccc(O)cc1)NS(=O)(=O)c1c(C)cc(C)cc1C. The van der Waals surface area contributed by atoms with E-state index >= 15 is 0 Å². The molecule has 24 heavy (non-hydrogen) atoms. The molecule has 2 aromatic carbocycles. The van der Waals surface area contributed by atoms with E-state index in [0.29, 0.717) is 17.7 Å². The Morgan fingerprint density at radius 1 is 1.04 bits per heavy atom. The van der Waals surface area contributed by atoms with Crippen LogP contribution in [0, 0.1) is 20.8 Å². The summed E-state index contributed by atoms with van der Waals surface area (Å²) in [6.45, 7) is 7.58. The van der Waals surface area contributed by atoms with Crippen LogP contribution in [0.25, 0.3) is 0 Å². The van der Waals surface area contributed by atoms with Crippen molar-refractivity contribution in [3.05, 3.63) is 58.7 Å². The molecule has 2 N–H and O–H groups in total. The molecule has 5 heteroatoms. The molecule has 0 radical (unpaired) electrons. The van der Waals surface area contributed by atoms with Crippen LogP contribution in [0.3, 0.4) is 0 Å². The van der Waals surface area contributed by atoms with Gasteiger partial charge in [-0.3, -0.25) is 0 Å². The van der Waals surface area contributed by atoms with Gasteiger partial charge in [-0.25, -0.2) is 13.1 Å². The van der Waals surface area contributed by atoms with Gasteiger partial charge in [0.1, 0.15) is 5.75 Å². The Balaban J connectivity index is 2.25. The Morgan fingerprint density at radius 2 is 1.58 bits per heavy atom. The van der Waals surface area contributed by atoms with E-state index in [2.05, 4.69) is 4.72 Å². The van der Waals surface area contributed by atoms with Crippen molar-refractivity contribution >= 4 is 10.0 Å². The summed E-state index contributed by atoms with van der Waals surface area (Å²) in [6.07, 6.45) is 1.27. The molecule has 130 valence electrons. The third-order valence-corrected chi connectivity index (χ3v) is 5.93. The summed E-state index contributed by atoms with van der Waals surface area (Å²) < 4.78 is 28.5. The molecule has 0 aliphatic heterocycles. The number of benzene rings is 2. The fraction of sp³-hybridized carbons (Fsp3) is 0.368. The van der Waals surface area contributed by atoms with Gasteiger partial charge in [-0.1, -0.05) is 36.8 Å². The fourth-order valence-corrected chi connectivity index (χ4v) is 4.83. The first-order valence-electron chi connectivity index (χ1n) is 8.11. The highest BCUT2D eigenvalue weighted by Gasteiger charge is 2.23. The smallest absolute Gasteiger partial charge is 0.241 e. The van der Waals surface area contributed by atoms with Crippen molar-refractivity contribution in [2.45, 2.75) is 51.5 Å². The molecule has 0 amide bonds. The van der Waals surface area contributed by atoms with Gasteiger partial charge >= 0.3 is 0 Å². The molecule has 0 aliphatic carbocycles. The molecule has 0 aromatic heterocycles. The zero-order valence-electron chi connectivity index (χ0n) is 14.6. The number of hydrogen-bond donors (Lipinski definition) is 2. The van der Waals surface area contributed by atoms with Crippen molar-refractivity contribution in [2.75, 3.05) is 0 Å². The van der Waals surface area contributed by atoms with Crippen molar-refractivity contribution in [3.63, 3.8) is 0 Å². The van der Waals surface area contributed by atoms with Gasteiger partial charge in [-0.15, -0.1) is 0 Å². The van der Waals surface area contributed by atoms with Gasteiger partial charge in [-0.2, -0.15) is 0 Å². The Morgan fingerprint density at radius 3 is 2.08 bits per heavy atom. The quantitative estimate of drug-likeness (QED) is 0.839. The van der Waals surface area contributed by atoms with Crippen LogP contribution in [-0.2, 0) is 16.4 Å². The normalized spacial score (nSPS) is 13.0. The van der Waals surface area contributed by atoms with Crippen LogP contribution in [0.15, 0.2) is 41.3 Å². The molecule has 0 bridgehead atoms. The highest BCUT2D eigenvalue weighted by atomic mass is 32.2. The molecular weight excluding hydrogens is 322 g/mol. The lowest BCUT2D eigenvalue weighted by atomic mass is 10.0. The zero-order chi connectivity index (χ0) is 17.9. The number of phenols is 1. The van der Waals surface area contributed by atoms with Crippen LogP contribution in [0.5, 0.6) is 5.75 Å². The zero-order valence-corrected chi connectivity index (χ0v) is 15.4. The number of hydrogen-bond acceptors (Lipinski definition) is 3. The summed E-state index contributed by atoms with van der Waals surface area (Å²) in [5.74, 6) is 0.207. The van der Waals surface area contributed by atoms with Crippen LogP contribution in [-0.4, -0.2) is 19.6 Å². The molecule has 0 spiro atoms. The number of aromatic hydroxyl groups is 1. The Hall–Kier alpha value is -1.85. The lowest BCUT2D eigenvalue weighted by molar-refractivity contribution is 0.474. The van der Waals surface area contributed by atoms with Crippen LogP contribution in [0.2, 0.25) is 0 Å². The summed E-state index contributed by atoms with van der Waals surface area (Å²) >= 11 is 0. The van der Waals surface area contributed by atoms with E-state index in [1.807, 2.05) is 52.0 Å². The number of aryl methyl sites for hydroxylation is 3. The maximum atomic E-state index is 12.8. The Labute approximate surface area is 144 Å². The van der Waals surface area contributed by atoms with Gasteiger partial charge in [0.15, 0.2) is 0 Å². The van der Waals surface area contributed by atoms with Crippen molar-refractivity contribution in [2.24, 2.45) is 0 Å². The monoisotopic (exact) mass is 347 g/mol. The number of sulfonamides is 1. The highest BCUT2D eigenvalue weighted by molar-refractivity contribution is 7.89. The molecule has 0 heterocycles. The second-order valence-corrected chi connectivity index (χ2v) is 7.98. The average molecular weight is 347 g/mol. The molecule has 2 aromatic rings. The van der Waals surface area contributed by atoms with Gasteiger partial charge in [-0.05, 0) is 62.4 Å². The summed E-state index contributed by atoms with van der Waals surface area (Å²) in [7, 11) is -3.58. The van der Waals surface area contributed by atoms with Crippen molar-refractivity contribution in [3.8, 4) is 5.75 Å². The standard InChI is InChI=1S/C19H25NO3S/c1-5-17(12-16-6-8-18(21)9-7-16)20-24(22,23)19-14(3)10-13(2)11-15(19)4/h6-11,17,20-21H,5,12H2,1-4H3/t17-/m0/s1. The second-order valence-electron chi connectivity index (χ2n) is 6.32. The van der Waals surface area contributed by atoms with Gasteiger partial charge in [0.25, 0.3) is 0 Å². The minimum absolute atomic E-state index is 0.195. The molecule has 1 atom stereocenters. The van der Waals surface area contributed by atoms with Crippen LogP contribution >= 0.6 is 0 Å². The second kappa shape index (κ2) is 7.36. The van der Waals surface area contributed by atoms with E-state index in [1.165, 1.54) is 0 Å². The first-order chi connectivity index (χ1) is 11.2. The van der Waals surface area contributed by atoms with E-state index in [1.54, 1.807) is 12.1 Å². The summed E-state index contributed by atoms with van der Waals surface area (Å²) in [4.78, 5) is 0.372. The van der Waals surface area contributed by atoms with Crippen molar-refractivity contribution < 1.29 is 13.5 Å². The summed E-state index contributed by atoms with van der Waals surface area (Å²) in [5.41, 5.74) is 3.57. The maximum Gasteiger partial charge on any atom is 0.241 e. The van der Waals surface area contributed by atoms with E-state index < -0.39 is 10.0 Å². The third-order valence-electron chi connectivity index (χ3n) is 4.11. The largest absolute Gasteiger partial charge is 0.508 e. The van der Waals surface area contributed by atoms with Gasteiger partial charge in [0.2, 0.25) is 10.0 Å². The predicted octanol–water partition coefficient (Wildman–Crippen LogP) is 3.62. The topological polar surface area (TPSA) is 66.4 Å². The number of nitrogens with one attached hydrogen (secondary N) is 1. The van der Waals surface area contributed by atoms with Crippen molar-refractivity contribution in [1.29, 1.82) is 0 Å². The fourth-order valence-electron chi connectivity index (χ4n) is 3.05. The number of rotatable bonds is 6. The van der Waals surface area contributed by atoms with E-state index in [-0.39, 0.29) is 11.8 Å². The van der Waals surface area contributed by atoms with Gasteiger partial charge < -0.3 is 5.11 Å². The highest BCUT2D eigenvalue weighted by Crippen LogP contribution is 2.22. The van der Waals surface area contributed by atoms with Crippen LogP contribution in [0.1, 0.15) is 35.6 Å². The lowest BCUT2D eigenvalue weighted by Gasteiger charge is -2.19. The minimum Gasteiger partial charge on any atom is -0.508 e. The van der Waals surface area contributed by atoms with Crippen molar-refractivity contribution in [1.82, 2.24) is 4.72 Å². The van der Waals surface area contributed by atoms with Gasteiger partial charge in [0, 0.05) is 6.04 Å². The summed E-state index contributed by atoms with van der Waals surface area (Å²) in [6, 6.07) is 10.4. The Bertz CT molecular complexity index is 788.